The first-order chi connectivity index (χ1) is 9.13. The van der Waals surface area contributed by atoms with Gasteiger partial charge in [0.15, 0.2) is 5.76 Å². The SMILES string of the molecule is CC[C@H](N)C(=O)N1CCN(C(=O)c2ccco2)CC1. The number of furan rings is 1. The van der Waals surface area contributed by atoms with E-state index in [9.17, 15) is 9.59 Å². The summed E-state index contributed by atoms with van der Waals surface area (Å²) in [5, 5.41) is 0. The van der Waals surface area contributed by atoms with Crippen molar-refractivity contribution in [3.05, 3.63) is 24.2 Å². The first-order valence-corrected chi connectivity index (χ1v) is 6.50. The van der Waals surface area contributed by atoms with Crippen LogP contribution >= 0.6 is 0 Å². The van der Waals surface area contributed by atoms with Crippen LogP contribution in [0.15, 0.2) is 22.8 Å². The van der Waals surface area contributed by atoms with Gasteiger partial charge in [-0.3, -0.25) is 9.59 Å². The molecule has 1 aromatic rings. The van der Waals surface area contributed by atoms with Gasteiger partial charge in [0.2, 0.25) is 5.91 Å². The molecule has 6 heteroatoms. The van der Waals surface area contributed by atoms with Crippen molar-refractivity contribution in [3.63, 3.8) is 0 Å². The molecule has 1 atom stereocenters. The largest absolute Gasteiger partial charge is 0.459 e. The zero-order valence-electron chi connectivity index (χ0n) is 11.0. The predicted octanol–water partition coefficient (Wildman–Crippen LogP) is 0.301. The van der Waals surface area contributed by atoms with Crippen LogP contribution in [0.4, 0.5) is 0 Å². The second kappa shape index (κ2) is 5.88. The summed E-state index contributed by atoms with van der Waals surface area (Å²) in [5.74, 6) is 0.175. The molecule has 6 nitrogen and oxygen atoms in total. The molecule has 0 saturated carbocycles. The van der Waals surface area contributed by atoms with Gasteiger partial charge < -0.3 is 20.0 Å². The smallest absolute Gasteiger partial charge is 0.289 e. The molecule has 1 aliphatic rings. The minimum Gasteiger partial charge on any atom is -0.459 e. The van der Waals surface area contributed by atoms with E-state index in [-0.39, 0.29) is 11.8 Å². The van der Waals surface area contributed by atoms with Crippen LogP contribution < -0.4 is 5.73 Å². The Morgan fingerprint density at radius 2 is 1.95 bits per heavy atom. The Morgan fingerprint density at radius 1 is 1.32 bits per heavy atom. The minimum atomic E-state index is -0.438. The standard InChI is InChI=1S/C13H19N3O3/c1-2-10(14)12(17)15-5-7-16(8-6-15)13(18)11-4-3-9-19-11/h3-4,9-10H,2,5-8,14H2,1H3/t10-/m0/s1. The highest BCUT2D eigenvalue weighted by Gasteiger charge is 2.27. The Labute approximate surface area is 112 Å². The third kappa shape index (κ3) is 2.96. The predicted molar refractivity (Wildman–Crippen MR) is 69.5 cm³/mol. The van der Waals surface area contributed by atoms with Crippen molar-refractivity contribution in [1.82, 2.24) is 9.80 Å². The number of rotatable bonds is 3. The maximum Gasteiger partial charge on any atom is 0.289 e. The highest BCUT2D eigenvalue weighted by atomic mass is 16.3. The molecule has 1 aromatic heterocycles. The molecule has 1 saturated heterocycles. The van der Waals surface area contributed by atoms with E-state index < -0.39 is 6.04 Å². The monoisotopic (exact) mass is 265 g/mol. The van der Waals surface area contributed by atoms with Crippen LogP contribution in [0.5, 0.6) is 0 Å². The Balaban J connectivity index is 1.89. The fourth-order valence-electron chi connectivity index (χ4n) is 2.10. The molecule has 0 aliphatic carbocycles. The molecule has 0 radical (unpaired) electrons. The Bertz CT molecular complexity index is 436. The van der Waals surface area contributed by atoms with Crippen molar-refractivity contribution in [2.45, 2.75) is 19.4 Å². The van der Waals surface area contributed by atoms with Crippen molar-refractivity contribution in [2.24, 2.45) is 5.73 Å². The number of nitrogens with zero attached hydrogens (tertiary/aromatic N) is 2. The van der Waals surface area contributed by atoms with Crippen LogP contribution in [0.1, 0.15) is 23.9 Å². The molecule has 2 N–H and O–H groups in total. The summed E-state index contributed by atoms with van der Waals surface area (Å²) in [7, 11) is 0. The number of hydrogen-bond acceptors (Lipinski definition) is 4. The van der Waals surface area contributed by atoms with Crippen molar-refractivity contribution >= 4 is 11.8 Å². The summed E-state index contributed by atoms with van der Waals surface area (Å²) in [6, 6.07) is 2.90. The van der Waals surface area contributed by atoms with Gasteiger partial charge in [-0.1, -0.05) is 6.92 Å². The van der Waals surface area contributed by atoms with Crippen LogP contribution in [0.25, 0.3) is 0 Å². The molecule has 2 heterocycles. The number of nitrogens with two attached hydrogens (primary N) is 1. The molecule has 0 bridgehead atoms. The van der Waals surface area contributed by atoms with E-state index in [0.29, 0.717) is 38.4 Å². The number of amides is 2. The molecular formula is C13H19N3O3. The van der Waals surface area contributed by atoms with Crippen molar-refractivity contribution < 1.29 is 14.0 Å². The Morgan fingerprint density at radius 3 is 2.47 bits per heavy atom. The van der Waals surface area contributed by atoms with Gasteiger partial charge in [-0.05, 0) is 18.6 Å². The van der Waals surface area contributed by atoms with Crippen molar-refractivity contribution in [1.29, 1.82) is 0 Å². The molecule has 0 aromatic carbocycles. The molecular weight excluding hydrogens is 246 g/mol. The van der Waals surface area contributed by atoms with Crippen LogP contribution in [0.3, 0.4) is 0 Å². The van der Waals surface area contributed by atoms with Gasteiger partial charge >= 0.3 is 0 Å². The van der Waals surface area contributed by atoms with E-state index in [4.69, 9.17) is 10.2 Å². The van der Waals surface area contributed by atoms with Gasteiger partial charge in [-0.2, -0.15) is 0 Å². The fraction of sp³-hybridized carbons (Fsp3) is 0.538. The quantitative estimate of drug-likeness (QED) is 0.852. The van der Waals surface area contributed by atoms with Crippen LogP contribution in [0, 0.1) is 0 Å². The van der Waals surface area contributed by atoms with Crippen LogP contribution in [0.2, 0.25) is 0 Å². The lowest BCUT2D eigenvalue weighted by molar-refractivity contribution is -0.134. The average molecular weight is 265 g/mol. The van der Waals surface area contributed by atoms with Crippen molar-refractivity contribution in [2.75, 3.05) is 26.2 Å². The lowest BCUT2D eigenvalue weighted by atomic mass is 10.2. The summed E-state index contributed by atoms with van der Waals surface area (Å²) in [5.41, 5.74) is 5.73. The average Bonchev–Trinajstić information content (AvgIpc) is 2.99. The topological polar surface area (TPSA) is 79.8 Å². The molecule has 0 spiro atoms. The van der Waals surface area contributed by atoms with Gasteiger partial charge in [0.25, 0.3) is 5.91 Å². The first kappa shape index (κ1) is 13.6. The summed E-state index contributed by atoms with van der Waals surface area (Å²) in [4.78, 5) is 27.4. The van der Waals surface area contributed by atoms with E-state index in [1.807, 2.05) is 6.92 Å². The molecule has 1 aliphatic heterocycles. The number of carbonyl (C=O) groups is 2. The Hall–Kier alpha value is -1.82. The fourth-order valence-corrected chi connectivity index (χ4v) is 2.10. The summed E-state index contributed by atoms with van der Waals surface area (Å²) >= 11 is 0. The third-order valence-electron chi connectivity index (χ3n) is 3.37. The Kier molecular flexibility index (Phi) is 4.21. The normalized spacial score (nSPS) is 17.4. The van der Waals surface area contributed by atoms with Crippen molar-refractivity contribution in [3.8, 4) is 0 Å². The maximum atomic E-state index is 12.0. The summed E-state index contributed by atoms with van der Waals surface area (Å²) < 4.78 is 5.09. The van der Waals surface area contributed by atoms with E-state index in [1.54, 1.807) is 21.9 Å². The number of piperazine rings is 1. The van der Waals surface area contributed by atoms with E-state index in [0.717, 1.165) is 0 Å². The first-order valence-electron chi connectivity index (χ1n) is 6.50. The van der Waals surface area contributed by atoms with Gasteiger partial charge in [0, 0.05) is 26.2 Å². The molecule has 1 fully saturated rings. The van der Waals surface area contributed by atoms with Gasteiger partial charge in [-0.15, -0.1) is 0 Å². The molecule has 19 heavy (non-hydrogen) atoms. The van der Waals surface area contributed by atoms with Crippen LogP contribution in [-0.4, -0.2) is 53.8 Å². The van der Waals surface area contributed by atoms with Gasteiger partial charge in [0.05, 0.1) is 12.3 Å². The number of carbonyl (C=O) groups excluding carboxylic acids is 2. The molecule has 104 valence electrons. The van der Waals surface area contributed by atoms with E-state index in [2.05, 4.69) is 0 Å². The van der Waals surface area contributed by atoms with E-state index in [1.165, 1.54) is 6.26 Å². The van der Waals surface area contributed by atoms with Gasteiger partial charge in [0.1, 0.15) is 0 Å². The summed E-state index contributed by atoms with van der Waals surface area (Å²) in [6.45, 7) is 3.97. The number of hydrogen-bond donors (Lipinski definition) is 1. The third-order valence-corrected chi connectivity index (χ3v) is 3.37. The second-order valence-electron chi connectivity index (χ2n) is 4.61. The van der Waals surface area contributed by atoms with Gasteiger partial charge in [-0.25, -0.2) is 0 Å². The highest BCUT2D eigenvalue weighted by molar-refractivity contribution is 5.91. The molecule has 0 unspecified atom stereocenters. The van der Waals surface area contributed by atoms with E-state index >= 15 is 0 Å². The zero-order valence-corrected chi connectivity index (χ0v) is 11.0. The maximum absolute atomic E-state index is 12.0. The molecule has 2 rings (SSSR count). The van der Waals surface area contributed by atoms with Crippen LogP contribution in [-0.2, 0) is 4.79 Å². The molecule has 2 amide bonds. The minimum absolute atomic E-state index is 0.0346. The highest BCUT2D eigenvalue weighted by Crippen LogP contribution is 2.10. The lowest BCUT2D eigenvalue weighted by Crippen LogP contribution is -2.54. The summed E-state index contributed by atoms with van der Waals surface area (Å²) in [6.07, 6.45) is 2.11. The lowest BCUT2D eigenvalue weighted by Gasteiger charge is -2.35. The second-order valence-corrected chi connectivity index (χ2v) is 4.61. The zero-order chi connectivity index (χ0) is 13.8.